The highest BCUT2D eigenvalue weighted by atomic mass is 32.1. The van der Waals surface area contributed by atoms with Gasteiger partial charge in [-0.15, -0.1) is 0 Å². The van der Waals surface area contributed by atoms with Crippen molar-refractivity contribution < 1.29 is 9.47 Å². The Balaban J connectivity index is 2.03. The maximum Gasteiger partial charge on any atom is 0.232 e. The van der Waals surface area contributed by atoms with Crippen LogP contribution < -0.4 is 14.4 Å². The molecule has 0 bridgehead atoms. The van der Waals surface area contributed by atoms with Crippen LogP contribution in [0.2, 0.25) is 0 Å². The predicted molar refractivity (Wildman–Crippen MR) is 63.1 cm³/mol. The van der Waals surface area contributed by atoms with E-state index in [0.29, 0.717) is 0 Å². The number of fused-ring (bicyclic) bond motifs is 1. The average Bonchev–Trinajstić information content (AvgIpc) is 2.97. The summed E-state index contributed by atoms with van der Waals surface area (Å²) < 4.78 is 14.4. The Morgan fingerprint density at radius 2 is 2.06 bits per heavy atom. The number of aromatic nitrogens is 3. The van der Waals surface area contributed by atoms with Gasteiger partial charge >= 0.3 is 0 Å². The zero-order valence-electron chi connectivity index (χ0n) is 9.38. The molecule has 7 heteroatoms. The van der Waals surface area contributed by atoms with Gasteiger partial charge in [-0.05, 0) is 23.8 Å². The molecule has 2 heterocycles. The standard InChI is InChI=1S/C10H10N4O2S/c1-6-3-8-9(16-5-15-8)4-7(6)14(2)10-11-12-13-17-10/h3-4H,5H2,1-2H3. The molecule has 0 fully saturated rings. The van der Waals surface area contributed by atoms with Gasteiger partial charge in [0.25, 0.3) is 0 Å². The Kier molecular flexibility index (Phi) is 2.32. The Bertz CT molecular complexity index is 543. The molecule has 0 saturated heterocycles. The summed E-state index contributed by atoms with van der Waals surface area (Å²) >= 11 is 1.25. The third-order valence-corrected chi connectivity index (χ3v) is 3.30. The maximum atomic E-state index is 5.36. The summed E-state index contributed by atoms with van der Waals surface area (Å²) in [6.07, 6.45) is 0. The second-order valence-corrected chi connectivity index (χ2v) is 4.41. The number of hydrogen-bond acceptors (Lipinski definition) is 7. The van der Waals surface area contributed by atoms with Crippen LogP contribution in [0.25, 0.3) is 0 Å². The smallest absolute Gasteiger partial charge is 0.232 e. The molecule has 0 spiro atoms. The first kappa shape index (κ1) is 10.3. The van der Waals surface area contributed by atoms with Gasteiger partial charge in [0.05, 0.1) is 0 Å². The van der Waals surface area contributed by atoms with Gasteiger partial charge in [0.1, 0.15) is 0 Å². The van der Waals surface area contributed by atoms with E-state index in [1.807, 2.05) is 31.0 Å². The third kappa shape index (κ3) is 1.68. The van der Waals surface area contributed by atoms with Crippen molar-refractivity contribution in [2.24, 2.45) is 0 Å². The summed E-state index contributed by atoms with van der Waals surface area (Å²) in [5.74, 6) is 1.55. The first-order valence-corrected chi connectivity index (χ1v) is 5.82. The van der Waals surface area contributed by atoms with Gasteiger partial charge in [-0.1, -0.05) is 9.59 Å². The van der Waals surface area contributed by atoms with Crippen LogP contribution in [0, 0.1) is 6.92 Å². The predicted octanol–water partition coefficient (Wildman–Crippen LogP) is 1.74. The van der Waals surface area contributed by atoms with Gasteiger partial charge in [0, 0.05) is 30.3 Å². The number of aryl methyl sites for hydroxylation is 1. The van der Waals surface area contributed by atoms with Gasteiger partial charge in [-0.3, -0.25) is 0 Å². The molecule has 0 radical (unpaired) electrons. The molecule has 0 unspecified atom stereocenters. The minimum absolute atomic E-state index is 0.280. The minimum Gasteiger partial charge on any atom is -0.454 e. The number of ether oxygens (including phenoxy) is 2. The number of nitrogens with zero attached hydrogens (tertiary/aromatic N) is 4. The molecule has 0 amide bonds. The lowest BCUT2D eigenvalue weighted by molar-refractivity contribution is 0.174. The van der Waals surface area contributed by atoms with Crippen molar-refractivity contribution in [3.8, 4) is 11.5 Å². The van der Waals surface area contributed by atoms with Gasteiger partial charge in [0.15, 0.2) is 11.5 Å². The highest BCUT2D eigenvalue weighted by molar-refractivity contribution is 7.09. The lowest BCUT2D eigenvalue weighted by Gasteiger charge is -2.17. The highest BCUT2D eigenvalue weighted by Crippen LogP contribution is 2.39. The first-order chi connectivity index (χ1) is 8.25. The fourth-order valence-electron chi connectivity index (χ4n) is 1.76. The van der Waals surface area contributed by atoms with Crippen molar-refractivity contribution >= 4 is 22.4 Å². The van der Waals surface area contributed by atoms with Gasteiger partial charge in [0.2, 0.25) is 11.9 Å². The Morgan fingerprint density at radius 1 is 1.29 bits per heavy atom. The summed E-state index contributed by atoms with van der Waals surface area (Å²) in [5.41, 5.74) is 2.10. The monoisotopic (exact) mass is 250 g/mol. The zero-order chi connectivity index (χ0) is 11.8. The number of hydrogen-bond donors (Lipinski definition) is 0. The van der Waals surface area contributed by atoms with Crippen LogP contribution >= 0.6 is 11.5 Å². The van der Waals surface area contributed by atoms with Crippen molar-refractivity contribution in [2.45, 2.75) is 6.92 Å². The largest absolute Gasteiger partial charge is 0.454 e. The lowest BCUT2D eigenvalue weighted by Crippen LogP contribution is -2.10. The molecule has 0 N–H and O–H groups in total. The van der Waals surface area contributed by atoms with Crippen LogP contribution in [0.5, 0.6) is 11.5 Å². The van der Waals surface area contributed by atoms with Crippen molar-refractivity contribution in [3.05, 3.63) is 17.7 Å². The van der Waals surface area contributed by atoms with E-state index in [-0.39, 0.29) is 6.79 Å². The second-order valence-electron chi connectivity index (χ2n) is 3.70. The average molecular weight is 250 g/mol. The van der Waals surface area contributed by atoms with Crippen LogP contribution in [-0.4, -0.2) is 28.6 Å². The van der Waals surface area contributed by atoms with Crippen LogP contribution in [0.4, 0.5) is 10.8 Å². The molecular formula is C10H10N4O2S. The van der Waals surface area contributed by atoms with Crippen LogP contribution in [0.15, 0.2) is 12.1 Å². The van der Waals surface area contributed by atoms with Crippen LogP contribution in [0.3, 0.4) is 0 Å². The molecule has 88 valence electrons. The molecule has 17 heavy (non-hydrogen) atoms. The molecule has 3 rings (SSSR count). The van der Waals surface area contributed by atoms with Crippen molar-refractivity contribution in [2.75, 3.05) is 18.7 Å². The van der Waals surface area contributed by atoms with E-state index >= 15 is 0 Å². The van der Waals surface area contributed by atoms with Crippen molar-refractivity contribution in [1.29, 1.82) is 0 Å². The van der Waals surface area contributed by atoms with Crippen molar-refractivity contribution in [3.63, 3.8) is 0 Å². The number of rotatable bonds is 2. The molecule has 0 atom stereocenters. The SMILES string of the molecule is Cc1cc2c(cc1N(C)c1nnns1)OCO2. The molecule has 6 nitrogen and oxygen atoms in total. The van der Waals surface area contributed by atoms with Gasteiger partial charge < -0.3 is 14.4 Å². The Morgan fingerprint density at radius 3 is 2.76 bits per heavy atom. The fraction of sp³-hybridized carbons (Fsp3) is 0.300. The highest BCUT2D eigenvalue weighted by Gasteiger charge is 2.19. The Hall–Kier alpha value is -1.89. The van der Waals surface area contributed by atoms with Gasteiger partial charge in [-0.2, -0.15) is 0 Å². The van der Waals surface area contributed by atoms with E-state index in [0.717, 1.165) is 27.9 Å². The summed E-state index contributed by atoms with van der Waals surface area (Å²) in [7, 11) is 1.92. The van der Waals surface area contributed by atoms with Crippen molar-refractivity contribution in [1.82, 2.24) is 14.8 Å². The van der Waals surface area contributed by atoms with E-state index in [9.17, 15) is 0 Å². The summed E-state index contributed by atoms with van der Waals surface area (Å²) in [4.78, 5) is 1.93. The first-order valence-electron chi connectivity index (χ1n) is 5.05. The summed E-state index contributed by atoms with van der Waals surface area (Å²) in [5, 5.41) is 8.27. The Labute approximate surface area is 102 Å². The molecule has 2 aromatic rings. The lowest BCUT2D eigenvalue weighted by atomic mass is 10.1. The van der Waals surface area contributed by atoms with E-state index in [1.165, 1.54) is 11.5 Å². The topological polar surface area (TPSA) is 60.4 Å². The zero-order valence-corrected chi connectivity index (χ0v) is 10.2. The molecule has 1 aliphatic rings. The third-order valence-electron chi connectivity index (χ3n) is 2.63. The molecule has 1 aliphatic heterocycles. The second kappa shape index (κ2) is 3.85. The van der Waals surface area contributed by atoms with E-state index in [2.05, 4.69) is 14.8 Å². The summed E-state index contributed by atoms with van der Waals surface area (Å²) in [6, 6.07) is 3.90. The maximum absolute atomic E-state index is 5.36. The molecule has 0 aliphatic carbocycles. The molecular weight excluding hydrogens is 240 g/mol. The normalized spacial score (nSPS) is 12.8. The minimum atomic E-state index is 0.280. The van der Waals surface area contributed by atoms with E-state index < -0.39 is 0 Å². The van der Waals surface area contributed by atoms with E-state index in [4.69, 9.17) is 9.47 Å². The molecule has 0 saturated carbocycles. The number of benzene rings is 1. The fourth-order valence-corrected chi connectivity index (χ4v) is 2.20. The quantitative estimate of drug-likeness (QED) is 0.809. The summed E-state index contributed by atoms with van der Waals surface area (Å²) in [6.45, 7) is 2.30. The number of anilines is 2. The molecule has 1 aromatic heterocycles. The van der Waals surface area contributed by atoms with Crippen LogP contribution in [0.1, 0.15) is 5.56 Å². The van der Waals surface area contributed by atoms with Crippen LogP contribution in [-0.2, 0) is 0 Å². The van der Waals surface area contributed by atoms with Gasteiger partial charge in [-0.25, -0.2) is 0 Å². The molecule has 1 aromatic carbocycles. The van der Waals surface area contributed by atoms with E-state index in [1.54, 1.807) is 0 Å².